The number of carbonyl (C=O) groups is 2. The molecular weight excluding hydrogens is 358 g/mol. The molecule has 6 heteroatoms. The maximum atomic E-state index is 13.1. The van der Waals surface area contributed by atoms with Crippen LogP contribution in [0.2, 0.25) is 0 Å². The number of nitrogens with one attached hydrogen (secondary N) is 1. The summed E-state index contributed by atoms with van der Waals surface area (Å²) >= 11 is 0. The van der Waals surface area contributed by atoms with Gasteiger partial charge < -0.3 is 19.9 Å². The van der Waals surface area contributed by atoms with Crippen molar-refractivity contribution in [1.82, 2.24) is 5.32 Å². The number of dihydropyridines is 1. The summed E-state index contributed by atoms with van der Waals surface area (Å²) in [4.78, 5) is 26.0. The number of allylic oxidation sites excluding steroid dienone is 3. The third kappa shape index (κ3) is 3.97. The Hall–Kier alpha value is -2.60. The minimum atomic E-state index is -0.518. The fourth-order valence-corrected chi connectivity index (χ4v) is 4.00. The van der Waals surface area contributed by atoms with Crippen molar-refractivity contribution in [1.29, 1.82) is 0 Å². The van der Waals surface area contributed by atoms with Crippen LogP contribution in [0.25, 0.3) is 0 Å². The van der Waals surface area contributed by atoms with Crippen molar-refractivity contribution in [3.05, 3.63) is 52.4 Å². The number of carbonyl (C=O) groups excluding carboxylic acids is 2. The van der Waals surface area contributed by atoms with Crippen LogP contribution in [0.1, 0.15) is 45.1 Å². The topological polar surface area (TPSA) is 84.9 Å². The summed E-state index contributed by atoms with van der Waals surface area (Å²) in [5.74, 6) is -0.820. The van der Waals surface area contributed by atoms with Gasteiger partial charge in [0.1, 0.15) is 12.4 Å². The van der Waals surface area contributed by atoms with Crippen LogP contribution in [-0.4, -0.2) is 37.2 Å². The third-order valence-corrected chi connectivity index (χ3v) is 5.21. The lowest BCUT2D eigenvalue weighted by atomic mass is 9.68. The van der Waals surface area contributed by atoms with Gasteiger partial charge in [0.2, 0.25) is 0 Å². The van der Waals surface area contributed by atoms with Gasteiger partial charge in [0, 0.05) is 36.4 Å². The fraction of sp³-hybridized carbons (Fsp3) is 0.455. The molecule has 0 radical (unpaired) electrons. The molecule has 1 aromatic carbocycles. The minimum Gasteiger partial charge on any atom is -0.508 e. The average Bonchev–Trinajstić information content (AvgIpc) is 2.60. The van der Waals surface area contributed by atoms with Gasteiger partial charge in [0.15, 0.2) is 5.78 Å². The van der Waals surface area contributed by atoms with Gasteiger partial charge in [0.25, 0.3) is 0 Å². The lowest BCUT2D eigenvalue weighted by Crippen LogP contribution is -2.38. The lowest BCUT2D eigenvalue weighted by molar-refractivity contribution is -0.140. The van der Waals surface area contributed by atoms with Crippen molar-refractivity contribution in [2.45, 2.75) is 39.5 Å². The Kier molecular flexibility index (Phi) is 5.61. The van der Waals surface area contributed by atoms with Crippen LogP contribution in [-0.2, 0) is 19.1 Å². The first-order valence-corrected chi connectivity index (χ1v) is 9.42. The van der Waals surface area contributed by atoms with Gasteiger partial charge in [-0.15, -0.1) is 0 Å². The van der Waals surface area contributed by atoms with Gasteiger partial charge in [0.05, 0.1) is 12.2 Å². The summed E-state index contributed by atoms with van der Waals surface area (Å²) in [5, 5.41) is 13.0. The second kappa shape index (κ2) is 7.80. The number of phenolic OH excluding ortho intramolecular Hbond substituents is 1. The number of hydrogen-bond donors (Lipinski definition) is 2. The SMILES string of the molecule is COCCOC(=O)C1=C(C)NC2=C(C(=O)CC(C)(C)C2)[C@@H]1c1ccc(O)cc1. The van der Waals surface area contributed by atoms with Gasteiger partial charge in [-0.2, -0.15) is 0 Å². The maximum Gasteiger partial charge on any atom is 0.336 e. The fourth-order valence-electron chi connectivity index (χ4n) is 4.00. The molecule has 0 fully saturated rings. The molecule has 150 valence electrons. The second-order valence-corrected chi connectivity index (χ2v) is 8.15. The lowest BCUT2D eigenvalue weighted by Gasteiger charge is -2.39. The van der Waals surface area contributed by atoms with Gasteiger partial charge in [-0.25, -0.2) is 4.79 Å². The summed E-state index contributed by atoms with van der Waals surface area (Å²) in [6, 6.07) is 6.63. The Balaban J connectivity index is 2.07. The van der Waals surface area contributed by atoms with Gasteiger partial charge in [-0.1, -0.05) is 26.0 Å². The van der Waals surface area contributed by atoms with Crippen LogP contribution in [0.15, 0.2) is 46.8 Å². The quantitative estimate of drug-likeness (QED) is 0.598. The zero-order valence-electron chi connectivity index (χ0n) is 16.8. The molecule has 3 rings (SSSR count). The van der Waals surface area contributed by atoms with Crippen molar-refractivity contribution in [3.63, 3.8) is 0 Å². The van der Waals surface area contributed by atoms with E-state index in [-0.39, 0.29) is 23.6 Å². The first-order valence-electron chi connectivity index (χ1n) is 9.42. The molecule has 1 atom stereocenters. The number of methoxy groups -OCH3 is 1. The predicted molar refractivity (Wildman–Crippen MR) is 105 cm³/mol. The molecule has 1 aliphatic heterocycles. The molecule has 6 nitrogen and oxygen atoms in total. The number of ketones is 1. The van der Waals surface area contributed by atoms with E-state index in [1.165, 1.54) is 0 Å². The predicted octanol–water partition coefficient (Wildman–Crippen LogP) is 3.19. The Morgan fingerprint density at radius 2 is 1.89 bits per heavy atom. The van der Waals surface area contributed by atoms with E-state index in [0.29, 0.717) is 29.9 Å². The van der Waals surface area contributed by atoms with Crippen LogP contribution >= 0.6 is 0 Å². The van der Waals surface area contributed by atoms with Crippen LogP contribution in [0.3, 0.4) is 0 Å². The Labute approximate surface area is 165 Å². The largest absolute Gasteiger partial charge is 0.508 e. The second-order valence-electron chi connectivity index (χ2n) is 8.15. The minimum absolute atomic E-state index is 0.0338. The molecule has 0 bridgehead atoms. The smallest absolute Gasteiger partial charge is 0.336 e. The number of phenols is 1. The first kappa shape index (κ1) is 20.1. The van der Waals surface area contributed by atoms with E-state index in [1.807, 2.05) is 6.92 Å². The highest BCUT2D eigenvalue weighted by Gasteiger charge is 2.43. The van der Waals surface area contributed by atoms with Crippen LogP contribution < -0.4 is 5.32 Å². The van der Waals surface area contributed by atoms with E-state index in [1.54, 1.807) is 31.4 Å². The first-order chi connectivity index (χ1) is 13.2. The molecule has 0 saturated heterocycles. The molecule has 1 aliphatic carbocycles. The molecule has 2 aliphatic rings. The van der Waals surface area contributed by atoms with E-state index in [4.69, 9.17) is 9.47 Å². The van der Waals surface area contributed by atoms with Crippen molar-refractivity contribution >= 4 is 11.8 Å². The Morgan fingerprint density at radius 1 is 1.21 bits per heavy atom. The molecule has 1 aromatic rings. The zero-order chi connectivity index (χ0) is 20.5. The molecule has 28 heavy (non-hydrogen) atoms. The number of hydrogen-bond acceptors (Lipinski definition) is 6. The van der Waals surface area contributed by atoms with Crippen molar-refractivity contribution in [3.8, 4) is 5.75 Å². The normalized spacial score (nSPS) is 21.3. The highest BCUT2D eigenvalue weighted by Crippen LogP contribution is 2.46. The van der Waals surface area contributed by atoms with Crippen LogP contribution in [0.5, 0.6) is 5.75 Å². The average molecular weight is 385 g/mol. The van der Waals surface area contributed by atoms with Gasteiger partial charge >= 0.3 is 5.97 Å². The van der Waals surface area contributed by atoms with E-state index in [0.717, 1.165) is 17.7 Å². The monoisotopic (exact) mass is 385 g/mol. The zero-order valence-corrected chi connectivity index (χ0v) is 16.8. The maximum absolute atomic E-state index is 13.1. The summed E-state index contributed by atoms with van der Waals surface area (Å²) in [6.07, 6.45) is 1.15. The number of esters is 1. The summed E-state index contributed by atoms with van der Waals surface area (Å²) < 4.78 is 10.3. The Bertz CT molecular complexity index is 848. The molecule has 0 amide bonds. The highest BCUT2D eigenvalue weighted by atomic mass is 16.6. The molecule has 0 aromatic heterocycles. The van der Waals surface area contributed by atoms with Gasteiger partial charge in [-0.05, 0) is 36.5 Å². The van der Waals surface area contributed by atoms with Crippen LogP contribution in [0, 0.1) is 5.41 Å². The molecular formula is C22H27NO5. The summed E-state index contributed by atoms with van der Waals surface area (Å²) in [7, 11) is 1.54. The van der Waals surface area contributed by atoms with Gasteiger partial charge in [-0.3, -0.25) is 4.79 Å². The third-order valence-electron chi connectivity index (χ3n) is 5.21. The van der Waals surface area contributed by atoms with E-state index in [2.05, 4.69) is 19.2 Å². The van der Waals surface area contributed by atoms with Crippen molar-refractivity contribution < 1.29 is 24.2 Å². The number of Topliss-reactive ketones (excluding diaryl/α,β-unsaturated/α-hetero) is 1. The molecule has 0 saturated carbocycles. The van der Waals surface area contributed by atoms with E-state index < -0.39 is 11.9 Å². The van der Waals surface area contributed by atoms with Crippen molar-refractivity contribution in [2.24, 2.45) is 5.41 Å². The number of ether oxygens (including phenoxy) is 2. The summed E-state index contributed by atoms with van der Waals surface area (Å²) in [5.41, 5.74) is 3.23. The molecule has 0 spiro atoms. The summed E-state index contributed by atoms with van der Waals surface area (Å²) in [6.45, 7) is 6.41. The number of aromatic hydroxyl groups is 1. The van der Waals surface area contributed by atoms with E-state index in [9.17, 15) is 14.7 Å². The van der Waals surface area contributed by atoms with Crippen molar-refractivity contribution in [2.75, 3.05) is 20.3 Å². The highest BCUT2D eigenvalue weighted by molar-refractivity contribution is 6.04. The number of rotatable bonds is 5. The van der Waals surface area contributed by atoms with E-state index >= 15 is 0 Å². The molecule has 2 N–H and O–H groups in total. The molecule has 0 unspecified atom stereocenters. The number of benzene rings is 1. The Morgan fingerprint density at radius 3 is 2.54 bits per heavy atom. The van der Waals surface area contributed by atoms with Crippen LogP contribution in [0.4, 0.5) is 0 Å². The molecule has 1 heterocycles. The standard InChI is InChI=1S/C22H27NO5/c1-13-18(21(26)28-10-9-27-4)19(14-5-7-15(24)8-6-14)20-16(23-13)11-22(2,3)12-17(20)25/h5-8,19,23-24H,9-12H2,1-4H3/t19-/m1/s1.